The van der Waals surface area contributed by atoms with Crippen LogP contribution in [0.3, 0.4) is 0 Å². The van der Waals surface area contributed by atoms with E-state index in [4.69, 9.17) is 9.47 Å². The van der Waals surface area contributed by atoms with Crippen LogP contribution in [0.1, 0.15) is 29.7 Å². The lowest BCUT2D eigenvalue weighted by Gasteiger charge is -2.20. The first kappa shape index (κ1) is 14.0. The molecule has 1 aliphatic heterocycles. The van der Waals surface area contributed by atoms with Crippen molar-refractivity contribution in [3.05, 3.63) is 59.2 Å². The van der Waals surface area contributed by atoms with E-state index < -0.39 is 0 Å². The molecule has 1 atom stereocenters. The Kier molecular flexibility index (Phi) is 4.11. The Morgan fingerprint density at radius 1 is 1.05 bits per heavy atom. The van der Waals surface area contributed by atoms with Gasteiger partial charge in [0.25, 0.3) is 0 Å². The van der Waals surface area contributed by atoms with E-state index in [1.165, 1.54) is 16.7 Å². The molecule has 3 nitrogen and oxygen atoms in total. The Hall–Kier alpha value is -2.00. The van der Waals surface area contributed by atoms with Gasteiger partial charge in [-0.15, -0.1) is 0 Å². The predicted molar refractivity (Wildman–Crippen MR) is 83.9 cm³/mol. The van der Waals surface area contributed by atoms with E-state index in [0.29, 0.717) is 19.3 Å². The molecule has 0 radical (unpaired) electrons. The molecule has 0 amide bonds. The molecule has 2 aromatic carbocycles. The number of nitrogens with one attached hydrogen (secondary N) is 1. The fourth-order valence-electron chi connectivity index (χ4n) is 2.53. The van der Waals surface area contributed by atoms with E-state index in [0.717, 1.165) is 18.0 Å². The summed E-state index contributed by atoms with van der Waals surface area (Å²) < 4.78 is 11.2. The van der Waals surface area contributed by atoms with Gasteiger partial charge in [-0.3, -0.25) is 0 Å². The van der Waals surface area contributed by atoms with Crippen LogP contribution in [0.15, 0.2) is 42.5 Å². The molecule has 0 aromatic heterocycles. The first-order valence-electron chi connectivity index (χ1n) is 7.41. The molecule has 0 saturated carbocycles. The molecular formula is C18H21NO2. The first-order chi connectivity index (χ1) is 10.2. The molecule has 0 spiro atoms. The third-order valence-corrected chi connectivity index (χ3v) is 3.76. The zero-order valence-corrected chi connectivity index (χ0v) is 12.6. The van der Waals surface area contributed by atoms with Crippen LogP contribution in [0.2, 0.25) is 0 Å². The van der Waals surface area contributed by atoms with Crippen molar-refractivity contribution in [2.24, 2.45) is 0 Å². The molecule has 0 bridgehead atoms. The molecule has 0 fully saturated rings. The van der Waals surface area contributed by atoms with E-state index >= 15 is 0 Å². The lowest BCUT2D eigenvalue weighted by molar-refractivity contribution is 0.171. The van der Waals surface area contributed by atoms with E-state index in [9.17, 15) is 0 Å². The summed E-state index contributed by atoms with van der Waals surface area (Å²) in [6, 6.07) is 15.1. The van der Waals surface area contributed by atoms with Gasteiger partial charge < -0.3 is 14.8 Å². The molecule has 3 heteroatoms. The van der Waals surface area contributed by atoms with Gasteiger partial charge in [-0.1, -0.05) is 35.9 Å². The number of rotatable bonds is 4. The molecule has 0 saturated heterocycles. The molecule has 1 heterocycles. The van der Waals surface area contributed by atoms with E-state index in [1.807, 2.05) is 6.07 Å². The fraction of sp³-hybridized carbons (Fsp3) is 0.333. The van der Waals surface area contributed by atoms with Gasteiger partial charge in [0.15, 0.2) is 11.5 Å². The van der Waals surface area contributed by atoms with Crippen molar-refractivity contribution in [3.63, 3.8) is 0 Å². The zero-order valence-electron chi connectivity index (χ0n) is 12.6. The second kappa shape index (κ2) is 6.19. The maximum atomic E-state index is 5.62. The van der Waals surface area contributed by atoms with Gasteiger partial charge in [-0.2, -0.15) is 0 Å². The van der Waals surface area contributed by atoms with Crippen LogP contribution in [0.4, 0.5) is 0 Å². The van der Waals surface area contributed by atoms with Gasteiger partial charge in [-0.05, 0) is 37.1 Å². The highest BCUT2D eigenvalue weighted by Gasteiger charge is 2.12. The molecule has 1 aliphatic rings. The lowest BCUT2D eigenvalue weighted by atomic mass is 10.1. The lowest BCUT2D eigenvalue weighted by Crippen LogP contribution is -2.19. The summed E-state index contributed by atoms with van der Waals surface area (Å²) in [6.45, 7) is 6.38. The minimum Gasteiger partial charge on any atom is -0.486 e. The Balaban J connectivity index is 1.64. The normalized spacial score (nSPS) is 14.8. The number of hydrogen-bond acceptors (Lipinski definition) is 3. The molecular weight excluding hydrogens is 262 g/mol. The SMILES string of the molecule is Cc1cccc(C(C)NCc2ccc3c(c2)OCCO3)c1. The van der Waals surface area contributed by atoms with Crippen LogP contribution in [-0.2, 0) is 6.54 Å². The minimum absolute atomic E-state index is 0.318. The van der Waals surface area contributed by atoms with Crippen molar-refractivity contribution < 1.29 is 9.47 Å². The highest BCUT2D eigenvalue weighted by molar-refractivity contribution is 5.43. The zero-order chi connectivity index (χ0) is 14.7. The largest absolute Gasteiger partial charge is 0.486 e. The average Bonchev–Trinajstić information content (AvgIpc) is 2.52. The highest BCUT2D eigenvalue weighted by atomic mass is 16.6. The van der Waals surface area contributed by atoms with Crippen LogP contribution in [0, 0.1) is 6.92 Å². The Morgan fingerprint density at radius 2 is 1.86 bits per heavy atom. The maximum Gasteiger partial charge on any atom is 0.161 e. The second-order valence-electron chi connectivity index (χ2n) is 5.49. The molecule has 2 aromatic rings. The van der Waals surface area contributed by atoms with Crippen molar-refractivity contribution in [2.45, 2.75) is 26.4 Å². The number of ether oxygens (including phenoxy) is 2. The summed E-state index contributed by atoms with van der Waals surface area (Å²) >= 11 is 0. The third-order valence-electron chi connectivity index (χ3n) is 3.76. The Bertz CT molecular complexity index is 624. The summed E-state index contributed by atoms with van der Waals surface area (Å²) in [5.74, 6) is 1.69. The van der Waals surface area contributed by atoms with Gasteiger partial charge in [0.05, 0.1) is 0 Å². The average molecular weight is 283 g/mol. The van der Waals surface area contributed by atoms with Gasteiger partial charge in [0, 0.05) is 12.6 Å². The number of fused-ring (bicyclic) bond motifs is 1. The molecule has 0 aliphatic carbocycles. The van der Waals surface area contributed by atoms with E-state index in [-0.39, 0.29) is 0 Å². The monoisotopic (exact) mass is 283 g/mol. The topological polar surface area (TPSA) is 30.5 Å². The van der Waals surface area contributed by atoms with Crippen molar-refractivity contribution in [1.82, 2.24) is 5.32 Å². The van der Waals surface area contributed by atoms with Crippen LogP contribution in [0.5, 0.6) is 11.5 Å². The number of benzene rings is 2. The van der Waals surface area contributed by atoms with Crippen molar-refractivity contribution in [2.75, 3.05) is 13.2 Å². The van der Waals surface area contributed by atoms with Gasteiger partial charge in [-0.25, -0.2) is 0 Å². The predicted octanol–water partition coefficient (Wildman–Crippen LogP) is 3.62. The third kappa shape index (κ3) is 3.37. The van der Waals surface area contributed by atoms with Gasteiger partial charge in [0.1, 0.15) is 13.2 Å². The summed E-state index contributed by atoms with van der Waals surface area (Å²) in [7, 11) is 0. The van der Waals surface area contributed by atoms with Crippen molar-refractivity contribution in [1.29, 1.82) is 0 Å². The molecule has 1 unspecified atom stereocenters. The van der Waals surface area contributed by atoms with E-state index in [1.54, 1.807) is 0 Å². The highest BCUT2D eigenvalue weighted by Crippen LogP contribution is 2.30. The number of hydrogen-bond donors (Lipinski definition) is 1. The van der Waals surface area contributed by atoms with Crippen LogP contribution in [-0.4, -0.2) is 13.2 Å². The minimum atomic E-state index is 0.318. The summed E-state index contributed by atoms with van der Waals surface area (Å²) in [5, 5.41) is 3.55. The summed E-state index contributed by atoms with van der Waals surface area (Å²) in [5.41, 5.74) is 3.81. The molecule has 110 valence electrons. The van der Waals surface area contributed by atoms with Crippen molar-refractivity contribution in [3.8, 4) is 11.5 Å². The molecule has 1 N–H and O–H groups in total. The summed E-state index contributed by atoms with van der Waals surface area (Å²) in [4.78, 5) is 0. The first-order valence-corrected chi connectivity index (χ1v) is 7.41. The molecule has 21 heavy (non-hydrogen) atoms. The molecule has 3 rings (SSSR count). The Labute approximate surface area is 125 Å². The maximum absolute atomic E-state index is 5.62. The van der Waals surface area contributed by atoms with E-state index in [2.05, 4.69) is 55.6 Å². The van der Waals surface area contributed by atoms with Gasteiger partial charge in [0.2, 0.25) is 0 Å². The van der Waals surface area contributed by atoms with Crippen molar-refractivity contribution >= 4 is 0 Å². The van der Waals surface area contributed by atoms with Crippen LogP contribution >= 0.6 is 0 Å². The second-order valence-corrected chi connectivity index (χ2v) is 5.49. The Morgan fingerprint density at radius 3 is 2.67 bits per heavy atom. The quantitative estimate of drug-likeness (QED) is 0.929. The van der Waals surface area contributed by atoms with Gasteiger partial charge >= 0.3 is 0 Å². The summed E-state index contributed by atoms with van der Waals surface area (Å²) in [6.07, 6.45) is 0. The number of aryl methyl sites for hydroxylation is 1. The smallest absolute Gasteiger partial charge is 0.161 e. The fourth-order valence-corrected chi connectivity index (χ4v) is 2.53. The van der Waals surface area contributed by atoms with Crippen LogP contribution < -0.4 is 14.8 Å². The van der Waals surface area contributed by atoms with Crippen LogP contribution in [0.25, 0.3) is 0 Å². The standard InChI is InChI=1S/C18H21NO2/c1-13-4-3-5-16(10-13)14(2)19-12-15-6-7-17-18(11-15)21-9-8-20-17/h3-7,10-11,14,19H,8-9,12H2,1-2H3.